The number of nitro groups is 1. The van der Waals surface area contributed by atoms with Crippen LogP contribution < -0.4 is 5.32 Å². The van der Waals surface area contributed by atoms with Crippen molar-refractivity contribution in [3.8, 4) is 0 Å². The Balaban J connectivity index is 2.15. The third-order valence-electron chi connectivity index (χ3n) is 4.02. The van der Waals surface area contributed by atoms with Gasteiger partial charge in [0.15, 0.2) is 0 Å². The van der Waals surface area contributed by atoms with Crippen molar-refractivity contribution in [3.63, 3.8) is 0 Å². The fourth-order valence-electron chi connectivity index (χ4n) is 2.52. The first-order valence-electron chi connectivity index (χ1n) is 8.42. The van der Waals surface area contributed by atoms with E-state index in [0.717, 1.165) is 5.56 Å². The second-order valence-electron chi connectivity index (χ2n) is 5.97. The number of para-hydroxylation sites is 1. The van der Waals surface area contributed by atoms with Crippen LogP contribution in [0.3, 0.4) is 0 Å². The van der Waals surface area contributed by atoms with Gasteiger partial charge in [0, 0.05) is 0 Å². The molecule has 0 aliphatic carbocycles. The van der Waals surface area contributed by atoms with Gasteiger partial charge in [-0.3, -0.25) is 0 Å². The zero-order valence-corrected chi connectivity index (χ0v) is 18.7. The maximum absolute atomic E-state index is 12.4. The molecule has 1 N–H and O–H groups in total. The normalized spacial score (nSPS) is 13.6. The van der Waals surface area contributed by atoms with Gasteiger partial charge in [-0.2, -0.15) is 0 Å². The first-order valence-corrected chi connectivity index (χ1v) is 10.2. The molecule has 1 amide bonds. The number of methoxy groups -OCH3 is 1. The van der Waals surface area contributed by atoms with E-state index in [4.69, 9.17) is 9.47 Å². The predicted octanol–water partition coefficient (Wildman–Crippen LogP) is 2.87. The van der Waals surface area contributed by atoms with E-state index in [-0.39, 0.29) is 18.7 Å². The summed E-state index contributed by atoms with van der Waals surface area (Å²) in [4.78, 5) is 34.7. The Hall–Kier alpha value is -2.42. The van der Waals surface area contributed by atoms with Crippen LogP contribution in [0.25, 0.3) is 0 Å². The molecule has 0 spiro atoms. The molecule has 0 aliphatic heterocycles. The molecule has 2 aromatic carbocycles. The Morgan fingerprint density at radius 3 is 2.45 bits per heavy atom. The third kappa shape index (κ3) is 6.03. The first kappa shape index (κ1) is 22.9. The number of hydrogen-bond donors (Lipinski definition) is 1. The molecule has 10 heteroatoms. The topological polar surface area (TPSA) is 108 Å². The number of nitrogens with one attached hydrogen (secondary N) is 1. The Kier molecular flexibility index (Phi) is 8.19. The Morgan fingerprint density at radius 1 is 1.21 bits per heavy atom. The van der Waals surface area contributed by atoms with Gasteiger partial charge in [0.05, 0.1) is 0 Å². The Bertz CT molecular complexity index is 882. The summed E-state index contributed by atoms with van der Waals surface area (Å²) >= 11 is 6.00. The van der Waals surface area contributed by atoms with E-state index >= 15 is 0 Å². The second kappa shape index (κ2) is 10.4. The number of alkyl halides is 1. The molecule has 0 saturated heterocycles. The van der Waals surface area contributed by atoms with Crippen LogP contribution in [0.5, 0.6) is 0 Å². The van der Waals surface area contributed by atoms with Crippen LogP contribution in [0.1, 0.15) is 11.1 Å². The quantitative estimate of drug-likeness (QED) is 0.185. The van der Waals surface area contributed by atoms with Crippen molar-refractivity contribution in [1.82, 2.24) is 5.32 Å². The number of nitro benzene ring substituents is 1. The van der Waals surface area contributed by atoms with Crippen LogP contribution in [0.15, 0.2) is 54.6 Å². The number of benzene rings is 2. The summed E-state index contributed by atoms with van der Waals surface area (Å²) in [6.45, 7) is 0.0149. The van der Waals surface area contributed by atoms with Crippen molar-refractivity contribution in [1.29, 1.82) is 0 Å². The fraction of sp³-hybridized carbons (Fsp3) is 0.263. The molecule has 0 aromatic heterocycles. The molecule has 0 fully saturated rings. The first-order chi connectivity index (χ1) is 13.8. The number of esters is 1. The number of carbonyl (C=O) groups is 2. The molecule has 1 radical (unpaired) electrons. The Morgan fingerprint density at radius 2 is 1.83 bits per heavy atom. The number of rotatable bonds is 8. The summed E-state index contributed by atoms with van der Waals surface area (Å²) < 4.78 is 8.34. The number of hydrogen-bond acceptors (Lipinski definition) is 6. The molecular formula is C19H18BrN2O6Se. The molecular weight excluding hydrogens is 511 g/mol. The molecule has 0 aliphatic rings. The molecule has 2 atom stereocenters. The van der Waals surface area contributed by atoms with Crippen LogP contribution in [0.4, 0.5) is 10.5 Å². The Labute approximate surface area is 184 Å². The van der Waals surface area contributed by atoms with E-state index in [1.54, 1.807) is 30.3 Å². The second-order valence-corrected chi connectivity index (χ2v) is 8.43. The SMILES string of the molecule is COC(=O)C([Se])(NC(=O)OCc1ccccc1)C(Br)Cc1ccccc1[N+](=O)[O-]. The van der Waals surface area contributed by atoms with Gasteiger partial charge in [-0.25, -0.2) is 0 Å². The minimum absolute atomic E-state index is 0.0149. The van der Waals surface area contributed by atoms with Gasteiger partial charge in [-0.1, -0.05) is 0 Å². The molecule has 2 aromatic rings. The van der Waals surface area contributed by atoms with E-state index in [1.165, 1.54) is 13.2 Å². The fourth-order valence-corrected chi connectivity index (χ4v) is 3.69. The summed E-state index contributed by atoms with van der Waals surface area (Å²) in [6.07, 6.45) is -0.775. The van der Waals surface area contributed by atoms with Crippen LogP contribution in [-0.2, 0) is 27.3 Å². The van der Waals surface area contributed by atoms with Crippen molar-refractivity contribution in [2.45, 2.75) is 22.3 Å². The molecule has 29 heavy (non-hydrogen) atoms. The van der Waals surface area contributed by atoms with Crippen molar-refractivity contribution < 1.29 is 24.0 Å². The van der Waals surface area contributed by atoms with Crippen LogP contribution >= 0.6 is 15.9 Å². The van der Waals surface area contributed by atoms with Crippen molar-refractivity contribution in [2.75, 3.05) is 7.11 Å². The van der Waals surface area contributed by atoms with Gasteiger partial charge in [-0.15, -0.1) is 0 Å². The third-order valence-corrected chi connectivity index (χ3v) is 6.87. The summed E-state index contributed by atoms with van der Waals surface area (Å²) in [5, 5.41) is 13.7. The predicted molar refractivity (Wildman–Crippen MR) is 110 cm³/mol. The molecule has 8 nitrogen and oxygen atoms in total. The van der Waals surface area contributed by atoms with Gasteiger partial charge in [0.25, 0.3) is 0 Å². The number of carbonyl (C=O) groups excluding carboxylic acids is 2. The van der Waals surface area contributed by atoms with E-state index in [0.29, 0.717) is 5.56 Å². The molecule has 2 unspecified atom stereocenters. The molecule has 153 valence electrons. The van der Waals surface area contributed by atoms with Crippen molar-refractivity contribution >= 4 is 49.7 Å². The van der Waals surface area contributed by atoms with Crippen molar-refractivity contribution in [3.05, 3.63) is 75.8 Å². The number of ether oxygens (including phenoxy) is 2. The molecule has 0 heterocycles. The van der Waals surface area contributed by atoms with Gasteiger partial charge in [0.2, 0.25) is 0 Å². The summed E-state index contributed by atoms with van der Waals surface area (Å²) in [7, 11) is 1.18. The zero-order valence-electron chi connectivity index (χ0n) is 15.4. The summed E-state index contributed by atoms with van der Waals surface area (Å²) in [5.41, 5.74) is 1.08. The molecule has 0 saturated carbocycles. The molecule has 2 rings (SSSR count). The number of amides is 1. The monoisotopic (exact) mass is 529 g/mol. The number of alkyl carbamates (subject to hydrolysis) is 1. The van der Waals surface area contributed by atoms with Gasteiger partial charge in [0.1, 0.15) is 0 Å². The molecule has 0 bridgehead atoms. The van der Waals surface area contributed by atoms with E-state index in [2.05, 4.69) is 37.3 Å². The minimum atomic E-state index is -1.65. The standard InChI is InChI=1S/C19H18BrN2O6Se/c1-27-17(23)19(29,21-18(24)28-12-13-7-3-2-4-8-13)16(20)11-14-9-5-6-10-15(14)22(25)26/h2-10,16H,11-12H2,1H3,(H,21,24). The number of nitrogens with zero attached hydrogens (tertiary/aromatic N) is 1. The van der Waals surface area contributed by atoms with E-state index in [1.807, 2.05) is 18.2 Å². The average molecular weight is 529 g/mol. The summed E-state index contributed by atoms with van der Waals surface area (Å²) in [5.74, 6) is -0.769. The van der Waals surface area contributed by atoms with Gasteiger partial charge < -0.3 is 0 Å². The average Bonchev–Trinajstić information content (AvgIpc) is 2.72. The maximum atomic E-state index is 12.4. The van der Waals surface area contributed by atoms with Gasteiger partial charge >= 0.3 is 184 Å². The van der Waals surface area contributed by atoms with Crippen LogP contribution in [-0.4, -0.2) is 49.4 Å². The number of halogens is 1. The van der Waals surface area contributed by atoms with E-state index in [9.17, 15) is 19.7 Å². The van der Waals surface area contributed by atoms with E-state index < -0.39 is 26.3 Å². The zero-order chi connectivity index (χ0) is 21.4. The van der Waals surface area contributed by atoms with Crippen LogP contribution in [0, 0.1) is 10.1 Å². The van der Waals surface area contributed by atoms with Crippen LogP contribution in [0.2, 0.25) is 0 Å². The van der Waals surface area contributed by atoms with Crippen molar-refractivity contribution in [2.24, 2.45) is 0 Å². The summed E-state index contributed by atoms with van der Waals surface area (Å²) in [6, 6.07) is 15.2. The van der Waals surface area contributed by atoms with Gasteiger partial charge in [-0.05, 0) is 0 Å².